The second-order valence-electron chi connectivity index (χ2n) is 6.64. The normalized spacial score (nSPS) is 12.8. The Hall–Kier alpha value is -3.53. The van der Waals surface area contributed by atoms with E-state index in [1.165, 1.54) is 38.0 Å². The van der Waals surface area contributed by atoms with Gasteiger partial charge in [0.25, 0.3) is 0 Å². The molecule has 4 heteroatoms. The Morgan fingerprint density at radius 1 is 0.800 bits per heavy atom. The third kappa shape index (κ3) is 1.23. The molecule has 0 unspecified atom stereocenters. The van der Waals surface area contributed by atoms with Crippen LogP contribution in [0.4, 0.5) is 0 Å². The number of benzene rings is 3. The standard InChI is InChI=1S/C21H12N3O/c1-2-5-15-13(4-1)14-9-7-12-8-10-16-19-18(12)20(14)24(15)22-23-11-3-6-17(25-16)21(19)23/h1-11,22H/q+1. The van der Waals surface area contributed by atoms with E-state index in [1.807, 2.05) is 18.3 Å². The van der Waals surface area contributed by atoms with Crippen LogP contribution in [-0.2, 0) is 0 Å². The van der Waals surface area contributed by atoms with E-state index in [9.17, 15) is 0 Å². The van der Waals surface area contributed by atoms with Crippen LogP contribution in [0.5, 0.6) is 0 Å². The van der Waals surface area contributed by atoms with Gasteiger partial charge in [0.1, 0.15) is 11.8 Å². The molecule has 25 heavy (non-hydrogen) atoms. The molecule has 0 bridgehead atoms. The first-order chi connectivity index (χ1) is 12.4. The first-order valence-electron chi connectivity index (χ1n) is 8.39. The Morgan fingerprint density at radius 2 is 1.72 bits per heavy atom. The van der Waals surface area contributed by atoms with E-state index in [0.717, 1.165) is 16.7 Å². The molecule has 1 N–H and O–H groups in total. The molecule has 0 aliphatic carbocycles. The summed E-state index contributed by atoms with van der Waals surface area (Å²) >= 11 is 0. The maximum Gasteiger partial charge on any atom is 0.207 e. The molecule has 0 saturated heterocycles. The lowest BCUT2D eigenvalue weighted by Crippen LogP contribution is -2.26. The summed E-state index contributed by atoms with van der Waals surface area (Å²) in [5, 5.41) is 9.72. The lowest BCUT2D eigenvalue weighted by molar-refractivity contribution is -0.585. The number of hydrogen-bond acceptors (Lipinski definition) is 1. The summed E-state index contributed by atoms with van der Waals surface area (Å²) in [6.45, 7) is 0. The van der Waals surface area contributed by atoms with Crippen molar-refractivity contribution in [3.63, 3.8) is 0 Å². The topological polar surface area (TPSA) is 37.4 Å². The third-order valence-electron chi connectivity index (χ3n) is 5.40. The predicted molar refractivity (Wildman–Crippen MR) is 98.4 cm³/mol. The van der Waals surface area contributed by atoms with Gasteiger partial charge in [-0.25, -0.2) is 0 Å². The van der Waals surface area contributed by atoms with E-state index < -0.39 is 0 Å². The smallest absolute Gasteiger partial charge is 0.207 e. The summed E-state index contributed by atoms with van der Waals surface area (Å²) in [6, 6.07) is 21.2. The highest BCUT2D eigenvalue weighted by atomic mass is 16.3. The molecule has 0 radical (unpaired) electrons. The first kappa shape index (κ1) is 11.9. The average molecular weight is 322 g/mol. The number of furan rings is 1. The average Bonchev–Trinajstić information content (AvgIpc) is 3.13. The lowest BCUT2D eigenvalue weighted by atomic mass is 10.0. The van der Waals surface area contributed by atoms with Gasteiger partial charge in [0.15, 0.2) is 16.6 Å². The number of rotatable bonds is 0. The minimum atomic E-state index is 0.893. The van der Waals surface area contributed by atoms with Gasteiger partial charge in [0.2, 0.25) is 5.52 Å². The molecule has 0 amide bonds. The van der Waals surface area contributed by atoms with Crippen molar-refractivity contribution in [2.24, 2.45) is 0 Å². The number of pyridine rings is 1. The Balaban J connectivity index is 2.04. The molecular formula is C21H12N3O+. The molecule has 0 aliphatic rings. The zero-order valence-electron chi connectivity index (χ0n) is 13.2. The molecular weight excluding hydrogens is 310 g/mol. The van der Waals surface area contributed by atoms with Crippen molar-refractivity contribution in [1.82, 2.24) is 9.73 Å². The maximum absolute atomic E-state index is 6.12. The highest BCUT2D eigenvalue weighted by molar-refractivity contribution is 6.28. The van der Waals surface area contributed by atoms with Crippen LogP contribution < -0.4 is 4.52 Å². The molecule has 7 rings (SSSR count). The van der Waals surface area contributed by atoms with E-state index in [1.54, 1.807) is 0 Å². The fourth-order valence-electron chi connectivity index (χ4n) is 4.40. The van der Waals surface area contributed by atoms with Gasteiger partial charge in [-0.2, -0.15) is 0 Å². The van der Waals surface area contributed by atoms with Gasteiger partial charge in [0, 0.05) is 16.2 Å². The van der Waals surface area contributed by atoms with Crippen molar-refractivity contribution in [1.29, 1.82) is 0 Å². The van der Waals surface area contributed by atoms with Crippen molar-refractivity contribution in [2.45, 2.75) is 0 Å². The molecule has 116 valence electrons. The van der Waals surface area contributed by atoms with Crippen LogP contribution in [0.1, 0.15) is 0 Å². The van der Waals surface area contributed by atoms with Crippen molar-refractivity contribution in [3.8, 4) is 0 Å². The maximum atomic E-state index is 6.12. The SMILES string of the molecule is c1ccc2c(c1)c1ccc3ccc4oc5ccc[n+]6[nH]n2c1c3c4c56. The third-order valence-corrected chi connectivity index (χ3v) is 5.40. The summed E-state index contributed by atoms with van der Waals surface area (Å²) in [6.07, 6.45) is 2.04. The fraction of sp³-hybridized carbons (Fsp3) is 0. The van der Waals surface area contributed by atoms with Crippen molar-refractivity contribution in [3.05, 3.63) is 66.9 Å². The van der Waals surface area contributed by atoms with Gasteiger partial charge in [0.05, 0.1) is 5.39 Å². The number of nitrogens with zero attached hydrogens (tertiary/aromatic N) is 2. The number of hydrogen-bond donors (Lipinski definition) is 1. The number of aromatic amines is 1. The van der Waals surface area contributed by atoms with Gasteiger partial charge >= 0.3 is 0 Å². The Bertz CT molecular complexity index is 1600. The monoisotopic (exact) mass is 322 g/mol. The van der Waals surface area contributed by atoms with E-state index in [-0.39, 0.29) is 0 Å². The molecule has 3 aromatic carbocycles. The van der Waals surface area contributed by atoms with E-state index in [4.69, 9.17) is 4.42 Å². The summed E-state index contributed by atoms with van der Waals surface area (Å²) < 4.78 is 10.4. The second kappa shape index (κ2) is 3.75. The van der Waals surface area contributed by atoms with Crippen LogP contribution >= 0.6 is 0 Å². The lowest BCUT2D eigenvalue weighted by Gasteiger charge is -1.98. The largest absolute Gasteiger partial charge is 0.452 e. The van der Waals surface area contributed by atoms with Crippen LogP contribution in [0.15, 0.2) is 71.3 Å². The van der Waals surface area contributed by atoms with Crippen molar-refractivity contribution in [2.75, 3.05) is 0 Å². The fourth-order valence-corrected chi connectivity index (χ4v) is 4.40. The number of fused-ring (bicyclic) bond motifs is 3. The molecule has 4 heterocycles. The number of para-hydroxylation sites is 1. The Labute approximate surface area is 140 Å². The minimum Gasteiger partial charge on any atom is -0.452 e. The van der Waals surface area contributed by atoms with E-state index in [2.05, 4.69) is 62.8 Å². The van der Waals surface area contributed by atoms with Gasteiger partial charge in [-0.05, 0) is 41.8 Å². The van der Waals surface area contributed by atoms with Crippen LogP contribution in [-0.4, -0.2) is 9.73 Å². The molecule has 4 nitrogen and oxygen atoms in total. The quantitative estimate of drug-likeness (QED) is 0.405. The highest BCUT2D eigenvalue weighted by Gasteiger charge is 2.24. The summed E-state index contributed by atoms with van der Waals surface area (Å²) in [5.74, 6) is 0. The molecule has 0 aliphatic heterocycles. The number of H-pyrrole nitrogens is 1. The molecule has 4 aromatic heterocycles. The molecule has 7 aromatic rings. The van der Waals surface area contributed by atoms with Crippen LogP contribution in [0.3, 0.4) is 0 Å². The predicted octanol–water partition coefficient (Wildman–Crippen LogP) is 4.65. The van der Waals surface area contributed by atoms with Gasteiger partial charge in [-0.15, -0.1) is 9.03 Å². The van der Waals surface area contributed by atoms with Gasteiger partial charge < -0.3 is 4.42 Å². The van der Waals surface area contributed by atoms with Gasteiger partial charge in [-0.1, -0.05) is 29.5 Å². The van der Waals surface area contributed by atoms with Crippen molar-refractivity contribution < 1.29 is 8.93 Å². The number of nitrogens with one attached hydrogen (secondary N) is 1. The van der Waals surface area contributed by atoms with Crippen LogP contribution in [0.2, 0.25) is 0 Å². The molecule has 0 spiro atoms. The first-order valence-corrected chi connectivity index (χ1v) is 8.39. The van der Waals surface area contributed by atoms with E-state index in [0.29, 0.717) is 0 Å². The van der Waals surface area contributed by atoms with Gasteiger partial charge in [-0.3, -0.25) is 0 Å². The van der Waals surface area contributed by atoms with Crippen LogP contribution in [0, 0.1) is 0 Å². The summed E-state index contributed by atoms with van der Waals surface area (Å²) in [5.41, 5.74) is 5.28. The Kier molecular flexibility index (Phi) is 1.79. The zero-order valence-corrected chi connectivity index (χ0v) is 13.2. The molecule has 0 fully saturated rings. The Morgan fingerprint density at radius 3 is 2.72 bits per heavy atom. The highest BCUT2D eigenvalue weighted by Crippen LogP contribution is 2.39. The minimum absolute atomic E-state index is 0.893. The molecule has 0 saturated carbocycles. The van der Waals surface area contributed by atoms with E-state index >= 15 is 0 Å². The second-order valence-corrected chi connectivity index (χ2v) is 6.64. The summed E-state index contributed by atoms with van der Waals surface area (Å²) in [7, 11) is 0. The zero-order chi connectivity index (χ0) is 16.1. The summed E-state index contributed by atoms with van der Waals surface area (Å²) in [4.78, 5) is 0. The number of aromatic nitrogens is 3. The van der Waals surface area contributed by atoms with Crippen LogP contribution in [0.25, 0.3) is 54.6 Å². The molecule has 0 atom stereocenters. The van der Waals surface area contributed by atoms with Crippen molar-refractivity contribution >= 4 is 54.6 Å².